The van der Waals surface area contributed by atoms with Crippen LogP contribution in [0.1, 0.15) is 22.4 Å². The number of benzene rings is 1. The molecule has 0 saturated heterocycles. The van der Waals surface area contributed by atoms with E-state index < -0.39 is 10.0 Å². The average Bonchev–Trinajstić information content (AvgIpc) is 2.81. The summed E-state index contributed by atoms with van der Waals surface area (Å²) in [6, 6.07) is 5.28. The van der Waals surface area contributed by atoms with Gasteiger partial charge in [0.2, 0.25) is 0 Å². The minimum atomic E-state index is -3.62. The first-order valence-corrected chi connectivity index (χ1v) is 8.32. The van der Waals surface area contributed by atoms with Gasteiger partial charge in [-0.25, -0.2) is 8.42 Å². The number of anilines is 1. The van der Waals surface area contributed by atoms with Crippen molar-refractivity contribution in [2.45, 2.75) is 31.7 Å². The first-order valence-electron chi connectivity index (χ1n) is 6.84. The van der Waals surface area contributed by atoms with Crippen molar-refractivity contribution in [2.24, 2.45) is 0 Å². The molecule has 0 aliphatic carbocycles. The SMILES string of the molecule is Cc1ccc(S(=O)(=O)Nc2n[nH]c3c2CNCC3)c(C)c1. The Morgan fingerprint density at radius 2 is 2.10 bits per heavy atom. The summed E-state index contributed by atoms with van der Waals surface area (Å²) in [5, 5.41) is 10.2. The zero-order valence-corrected chi connectivity index (χ0v) is 12.8. The molecule has 7 heteroatoms. The molecule has 21 heavy (non-hydrogen) atoms. The second-order valence-corrected chi connectivity index (χ2v) is 6.98. The molecule has 0 fully saturated rings. The molecule has 3 rings (SSSR count). The van der Waals surface area contributed by atoms with Gasteiger partial charge in [0.15, 0.2) is 5.82 Å². The quantitative estimate of drug-likeness (QED) is 0.801. The molecule has 3 N–H and O–H groups in total. The fourth-order valence-electron chi connectivity index (χ4n) is 2.59. The van der Waals surface area contributed by atoms with E-state index in [4.69, 9.17) is 0 Å². The van der Waals surface area contributed by atoms with Crippen LogP contribution >= 0.6 is 0 Å². The van der Waals surface area contributed by atoms with Crippen LogP contribution in [-0.2, 0) is 23.0 Å². The van der Waals surface area contributed by atoms with Gasteiger partial charge in [-0.15, -0.1) is 0 Å². The maximum absolute atomic E-state index is 12.5. The van der Waals surface area contributed by atoms with Gasteiger partial charge in [0.1, 0.15) is 0 Å². The molecule has 2 heterocycles. The number of aromatic amines is 1. The summed E-state index contributed by atoms with van der Waals surface area (Å²) in [6.07, 6.45) is 0.827. The number of hydrogen-bond acceptors (Lipinski definition) is 4. The summed E-state index contributed by atoms with van der Waals surface area (Å²) in [5.74, 6) is 0.386. The molecule has 112 valence electrons. The predicted molar refractivity (Wildman–Crippen MR) is 80.7 cm³/mol. The maximum Gasteiger partial charge on any atom is 0.263 e. The molecule has 0 saturated carbocycles. The third-order valence-corrected chi connectivity index (χ3v) is 5.16. The minimum Gasteiger partial charge on any atom is -0.312 e. The van der Waals surface area contributed by atoms with Gasteiger partial charge in [-0.1, -0.05) is 17.7 Å². The number of rotatable bonds is 3. The lowest BCUT2D eigenvalue weighted by Gasteiger charge is -2.14. The lowest BCUT2D eigenvalue weighted by atomic mass is 10.1. The third-order valence-electron chi connectivity index (χ3n) is 3.66. The number of aryl methyl sites for hydroxylation is 2. The molecule has 2 aromatic rings. The van der Waals surface area contributed by atoms with Crippen LogP contribution in [0.3, 0.4) is 0 Å². The topological polar surface area (TPSA) is 86.9 Å². The van der Waals surface area contributed by atoms with Crippen molar-refractivity contribution in [2.75, 3.05) is 11.3 Å². The van der Waals surface area contributed by atoms with Crippen LogP contribution in [0.5, 0.6) is 0 Å². The zero-order chi connectivity index (χ0) is 15.0. The third kappa shape index (κ3) is 2.66. The minimum absolute atomic E-state index is 0.286. The molecule has 6 nitrogen and oxygen atoms in total. The summed E-state index contributed by atoms with van der Waals surface area (Å²) in [6.45, 7) is 5.23. The van der Waals surface area contributed by atoms with Crippen molar-refractivity contribution in [3.8, 4) is 0 Å². The number of sulfonamides is 1. The van der Waals surface area contributed by atoms with E-state index in [1.54, 1.807) is 19.1 Å². The van der Waals surface area contributed by atoms with E-state index in [2.05, 4.69) is 20.2 Å². The van der Waals surface area contributed by atoms with Gasteiger partial charge in [0.25, 0.3) is 10.0 Å². The largest absolute Gasteiger partial charge is 0.312 e. The van der Waals surface area contributed by atoms with E-state index in [1.165, 1.54) is 0 Å². The van der Waals surface area contributed by atoms with Crippen LogP contribution in [0.4, 0.5) is 5.82 Å². The number of aromatic nitrogens is 2. The van der Waals surface area contributed by atoms with Crippen LogP contribution in [-0.4, -0.2) is 25.2 Å². The molecule has 1 aromatic carbocycles. The Kier molecular flexibility index (Phi) is 3.46. The van der Waals surface area contributed by atoms with E-state index in [0.717, 1.165) is 35.3 Å². The Morgan fingerprint density at radius 1 is 1.29 bits per heavy atom. The van der Waals surface area contributed by atoms with Crippen molar-refractivity contribution >= 4 is 15.8 Å². The van der Waals surface area contributed by atoms with Gasteiger partial charge in [-0.05, 0) is 25.5 Å². The summed E-state index contributed by atoms with van der Waals surface area (Å²) in [4.78, 5) is 0.286. The fourth-order valence-corrected chi connectivity index (χ4v) is 3.86. The zero-order valence-electron chi connectivity index (χ0n) is 12.0. The molecule has 1 aromatic heterocycles. The second kappa shape index (κ2) is 5.16. The Bertz CT molecular complexity index is 780. The van der Waals surface area contributed by atoms with Gasteiger partial charge in [-0.2, -0.15) is 5.10 Å². The first-order chi connectivity index (χ1) is 9.97. The highest BCUT2D eigenvalue weighted by atomic mass is 32.2. The lowest BCUT2D eigenvalue weighted by molar-refractivity contribution is 0.600. The molecule has 0 atom stereocenters. The van der Waals surface area contributed by atoms with E-state index >= 15 is 0 Å². The highest BCUT2D eigenvalue weighted by Gasteiger charge is 2.23. The number of nitrogens with zero attached hydrogens (tertiary/aromatic N) is 1. The van der Waals surface area contributed by atoms with Gasteiger partial charge in [-0.3, -0.25) is 9.82 Å². The smallest absolute Gasteiger partial charge is 0.263 e. The predicted octanol–water partition coefficient (Wildman–Crippen LogP) is 1.47. The summed E-state index contributed by atoms with van der Waals surface area (Å²) < 4.78 is 27.7. The van der Waals surface area contributed by atoms with E-state index in [0.29, 0.717) is 12.4 Å². The van der Waals surface area contributed by atoms with Gasteiger partial charge in [0.05, 0.1) is 4.90 Å². The molecule has 0 bridgehead atoms. The van der Waals surface area contributed by atoms with Crippen LogP contribution in [0.2, 0.25) is 0 Å². The van der Waals surface area contributed by atoms with Crippen molar-refractivity contribution in [3.63, 3.8) is 0 Å². The summed E-state index contributed by atoms with van der Waals surface area (Å²) >= 11 is 0. The Morgan fingerprint density at radius 3 is 2.86 bits per heavy atom. The molecule has 0 amide bonds. The standard InChI is InChI=1S/C14H18N4O2S/c1-9-3-4-13(10(2)7-9)21(19,20)18-14-11-8-15-6-5-12(11)16-17-14/h3-4,7,15H,5-6,8H2,1-2H3,(H2,16,17,18). The van der Waals surface area contributed by atoms with Gasteiger partial charge in [0, 0.05) is 30.8 Å². The molecule has 1 aliphatic heterocycles. The monoisotopic (exact) mass is 306 g/mol. The highest BCUT2D eigenvalue weighted by Crippen LogP contribution is 2.24. The van der Waals surface area contributed by atoms with Crippen molar-refractivity contribution in [1.82, 2.24) is 15.5 Å². The molecule has 1 aliphatic rings. The molecule has 0 radical (unpaired) electrons. The fraction of sp³-hybridized carbons (Fsp3) is 0.357. The lowest BCUT2D eigenvalue weighted by Crippen LogP contribution is -2.24. The van der Waals surface area contributed by atoms with Crippen LogP contribution in [0.15, 0.2) is 23.1 Å². The maximum atomic E-state index is 12.5. The number of H-pyrrole nitrogens is 1. The first kappa shape index (κ1) is 14.1. The average molecular weight is 306 g/mol. The summed E-state index contributed by atoms with van der Waals surface area (Å²) in [7, 11) is -3.62. The van der Waals surface area contributed by atoms with E-state index in [1.807, 2.05) is 13.0 Å². The Labute approximate surface area is 124 Å². The molecule has 0 spiro atoms. The second-order valence-electron chi connectivity index (χ2n) is 5.33. The van der Waals surface area contributed by atoms with Crippen molar-refractivity contribution in [1.29, 1.82) is 0 Å². The van der Waals surface area contributed by atoms with E-state index in [9.17, 15) is 8.42 Å². The van der Waals surface area contributed by atoms with Crippen LogP contribution in [0, 0.1) is 13.8 Å². The summed E-state index contributed by atoms with van der Waals surface area (Å²) in [5.41, 5.74) is 3.65. The normalized spacial score (nSPS) is 14.8. The van der Waals surface area contributed by atoms with Gasteiger partial charge >= 0.3 is 0 Å². The molecular weight excluding hydrogens is 288 g/mol. The number of fused-ring (bicyclic) bond motifs is 1. The molecular formula is C14H18N4O2S. The van der Waals surface area contributed by atoms with Crippen molar-refractivity contribution < 1.29 is 8.42 Å². The van der Waals surface area contributed by atoms with E-state index in [-0.39, 0.29) is 4.90 Å². The van der Waals surface area contributed by atoms with Crippen LogP contribution in [0.25, 0.3) is 0 Å². The number of hydrogen-bond donors (Lipinski definition) is 3. The Hall–Kier alpha value is -1.86. The Balaban J connectivity index is 1.95. The number of nitrogens with one attached hydrogen (secondary N) is 3. The highest BCUT2D eigenvalue weighted by molar-refractivity contribution is 7.92. The van der Waals surface area contributed by atoms with Gasteiger partial charge < -0.3 is 5.32 Å². The van der Waals surface area contributed by atoms with Crippen LogP contribution < -0.4 is 10.0 Å². The van der Waals surface area contributed by atoms with Crippen molar-refractivity contribution in [3.05, 3.63) is 40.6 Å². The molecule has 0 unspecified atom stereocenters.